The monoisotopic (exact) mass is 187 g/mol. The van der Waals surface area contributed by atoms with Crippen molar-refractivity contribution < 1.29 is 17.7 Å². The molecule has 68 valence electrons. The van der Waals surface area contributed by atoms with Crippen LogP contribution in [0.4, 0.5) is 13.2 Å². The van der Waals surface area contributed by atoms with Crippen molar-refractivity contribution in [1.82, 2.24) is 5.16 Å². The summed E-state index contributed by atoms with van der Waals surface area (Å²) in [4.78, 5) is 0. The van der Waals surface area contributed by atoms with Crippen LogP contribution in [-0.2, 0) is 6.18 Å². The second-order valence-electron chi connectivity index (χ2n) is 2.56. The van der Waals surface area contributed by atoms with Crippen LogP contribution in [0.5, 0.6) is 0 Å². The highest BCUT2D eigenvalue weighted by molar-refractivity contribution is 5.80. The average molecular weight is 187 g/mol. The third-order valence-electron chi connectivity index (χ3n) is 1.70. The summed E-state index contributed by atoms with van der Waals surface area (Å²) in [7, 11) is 0. The Morgan fingerprint density at radius 2 is 2.00 bits per heavy atom. The number of hydrogen-bond donors (Lipinski definition) is 0. The van der Waals surface area contributed by atoms with E-state index < -0.39 is 11.7 Å². The van der Waals surface area contributed by atoms with Gasteiger partial charge in [-0.25, -0.2) is 0 Å². The Kier molecular flexibility index (Phi) is 1.55. The van der Waals surface area contributed by atoms with E-state index in [0.717, 1.165) is 6.07 Å². The zero-order chi connectivity index (χ0) is 9.47. The molecule has 0 radical (unpaired) electrons. The Morgan fingerprint density at radius 3 is 2.69 bits per heavy atom. The van der Waals surface area contributed by atoms with Crippen molar-refractivity contribution in [3.63, 3.8) is 0 Å². The first-order valence-electron chi connectivity index (χ1n) is 3.49. The molecule has 0 saturated heterocycles. The summed E-state index contributed by atoms with van der Waals surface area (Å²) >= 11 is 0. The first-order valence-corrected chi connectivity index (χ1v) is 3.49. The number of hydrogen-bond acceptors (Lipinski definition) is 2. The second-order valence-corrected chi connectivity index (χ2v) is 2.56. The second kappa shape index (κ2) is 2.48. The average Bonchev–Trinajstić information content (AvgIpc) is 2.48. The molecule has 1 aromatic heterocycles. The third-order valence-corrected chi connectivity index (χ3v) is 1.70. The molecular weight excluding hydrogens is 183 g/mol. The van der Waals surface area contributed by atoms with Crippen molar-refractivity contribution in [3.8, 4) is 0 Å². The lowest BCUT2D eigenvalue weighted by Gasteiger charge is -2.05. The normalized spacial score (nSPS) is 12.2. The summed E-state index contributed by atoms with van der Waals surface area (Å²) in [5.74, 6) is 0. The quantitative estimate of drug-likeness (QED) is 0.633. The lowest BCUT2D eigenvalue weighted by molar-refractivity contribution is -0.136. The van der Waals surface area contributed by atoms with E-state index in [4.69, 9.17) is 0 Å². The zero-order valence-corrected chi connectivity index (χ0v) is 6.30. The summed E-state index contributed by atoms with van der Waals surface area (Å²) in [6.07, 6.45) is -3.19. The van der Waals surface area contributed by atoms with Crippen molar-refractivity contribution in [2.45, 2.75) is 6.18 Å². The van der Waals surface area contributed by atoms with Crippen molar-refractivity contribution in [3.05, 3.63) is 30.0 Å². The number of fused-ring (bicyclic) bond motifs is 1. The van der Waals surface area contributed by atoms with Gasteiger partial charge in [-0.3, -0.25) is 0 Å². The lowest BCUT2D eigenvalue weighted by Crippen LogP contribution is -2.05. The lowest BCUT2D eigenvalue weighted by atomic mass is 10.1. The van der Waals surface area contributed by atoms with Gasteiger partial charge in [0.05, 0.1) is 5.56 Å². The fourth-order valence-corrected chi connectivity index (χ4v) is 1.12. The molecule has 0 aliphatic heterocycles. The number of aromatic nitrogens is 1. The minimum Gasteiger partial charge on any atom is -0.363 e. The van der Waals surface area contributed by atoms with Gasteiger partial charge in [-0.05, 0) is 12.1 Å². The Hall–Kier alpha value is -1.52. The molecule has 0 saturated carbocycles. The van der Waals surface area contributed by atoms with Crippen LogP contribution in [0, 0.1) is 0 Å². The van der Waals surface area contributed by atoms with Crippen molar-refractivity contribution in [1.29, 1.82) is 0 Å². The van der Waals surface area contributed by atoms with Crippen LogP contribution in [-0.4, -0.2) is 5.16 Å². The topological polar surface area (TPSA) is 26.0 Å². The molecule has 2 rings (SSSR count). The smallest absolute Gasteiger partial charge is 0.363 e. The highest BCUT2D eigenvalue weighted by atomic mass is 19.4. The number of alkyl halides is 3. The molecule has 0 unspecified atom stereocenters. The van der Waals surface area contributed by atoms with Crippen molar-refractivity contribution in [2.24, 2.45) is 0 Å². The SMILES string of the molecule is FC(F)(F)c1cccc2conc12. The summed E-state index contributed by atoms with van der Waals surface area (Å²) in [5.41, 5.74) is -0.909. The minimum absolute atomic E-state index is 0.144. The van der Waals surface area contributed by atoms with Crippen molar-refractivity contribution in [2.75, 3.05) is 0 Å². The van der Waals surface area contributed by atoms with E-state index in [-0.39, 0.29) is 5.52 Å². The summed E-state index contributed by atoms with van der Waals surface area (Å²) < 4.78 is 41.4. The van der Waals surface area contributed by atoms with Gasteiger partial charge in [0.15, 0.2) is 0 Å². The van der Waals surface area contributed by atoms with Crippen LogP contribution in [0.1, 0.15) is 5.56 Å². The maximum Gasteiger partial charge on any atom is 0.418 e. The van der Waals surface area contributed by atoms with Gasteiger partial charge >= 0.3 is 6.18 Å². The molecule has 2 nitrogen and oxygen atoms in total. The highest BCUT2D eigenvalue weighted by Gasteiger charge is 2.33. The first kappa shape index (κ1) is 8.10. The van der Waals surface area contributed by atoms with Gasteiger partial charge in [0.25, 0.3) is 0 Å². The first-order chi connectivity index (χ1) is 6.09. The van der Waals surface area contributed by atoms with Crippen LogP contribution in [0.25, 0.3) is 10.9 Å². The maximum atomic E-state index is 12.3. The molecule has 0 bridgehead atoms. The molecule has 13 heavy (non-hydrogen) atoms. The molecule has 0 amide bonds. The van der Waals surface area contributed by atoms with E-state index >= 15 is 0 Å². The molecule has 0 spiro atoms. The molecule has 0 aliphatic rings. The molecule has 0 N–H and O–H groups in total. The van der Waals surface area contributed by atoms with Gasteiger partial charge in [0.2, 0.25) is 0 Å². The van der Waals surface area contributed by atoms with Crippen molar-refractivity contribution >= 4 is 10.9 Å². The van der Waals surface area contributed by atoms with Crippen LogP contribution >= 0.6 is 0 Å². The van der Waals surface area contributed by atoms with Gasteiger partial charge in [-0.15, -0.1) is 0 Å². The van der Waals surface area contributed by atoms with Crippen LogP contribution in [0.15, 0.2) is 29.0 Å². The summed E-state index contributed by atoms with van der Waals surface area (Å²) in [6, 6.07) is 3.81. The van der Waals surface area contributed by atoms with E-state index in [1.54, 1.807) is 0 Å². The molecule has 2 aromatic rings. The molecule has 5 heteroatoms. The third kappa shape index (κ3) is 1.26. The largest absolute Gasteiger partial charge is 0.418 e. The van der Waals surface area contributed by atoms with Gasteiger partial charge in [0, 0.05) is 5.39 Å². The predicted molar refractivity (Wildman–Crippen MR) is 39.0 cm³/mol. The number of halogens is 3. The van der Waals surface area contributed by atoms with Gasteiger partial charge in [-0.2, -0.15) is 13.2 Å². The maximum absolute atomic E-state index is 12.3. The van der Waals surface area contributed by atoms with Gasteiger partial charge < -0.3 is 4.52 Å². The summed E-state index contributed by atoms with van der Waals surface area (Å²) in [5, 5.41) is 3.65. The molecule has 1 aromatic carbocycles. The number of rotatable bonds is 0. The van der Waals surface area contributed by atoms with E-state index in [2.05, 4.69) is 9.68 Å². The molecular formula is C8H4F3NO. The van der Waals surface area contributed by atoms with E-state index in [9.17, 15) is 13.2 Å². The highest BCUT2D eigenvalue weighted by Crippen LogP contribution is 2.33. The summed E-state index contributed by atoms with van der Waals surface area (Å²) in [6.45, 7) is 0. The Labute approximate surface area is 70.9 Å². The van der Waals surface area contributed by atoms with Crippen LogP contribution in [0.2, 0.25) is 0 Å². The molecule has 0 atom stereocenters. The Balaban J connectivity index is 2.75. The van der Waals surface area contributed by atoms with Gasteiger partial charge in [0.1, 0.15) is 11.8 Å². The Bertz CT molecular complexity index is 432. The standard InChI is InChI=1S/C8H4F3NO/c9-8(10,11)6-3-1-2-5-4-13-12-7(5)6/h1-4H. The molecule has 1 heterocycles. The van der Waals surface area contributed by atoms with E-state index in [1.807, 2.05) is 0 Å². The predicted octanol–water partition coefficient (Wildman–Crippen LogP) is 2.85. The Morgan fingerprint density at radius 1 is 1.23 bits per heavy atom. The number of nitrogens with zero attached hydrogens (tertiary/aromatic N) is 1. The van der Waals surface area contributed by atoms with Gasteiger partial charge in [-0.1, -0.05) is 11.2 Å². The van der Waals surface area contributed by atoms with E-state index in [1.165, 1.54) is 18.4 Å². The molecule has 0 aliphatic carbocycles. The van der Waals surface area contributed by atoms with Crippen LogP contribution < -0.4 is 0 Å². The fourth-order valence-electron chi connectivity index (χ4n) is 1.12. The van der Waals surface area contributed by atoms with E-state index in [0.29, 0.717) is 5.39 Å². The molecule has 0 fully saturated rings. The zero-order valence-electron chi connectivity index (χ0n) is 6.30. The fraction of sp³-hybridized carbons (Fsp3) is 0.125. The number of benzene rings is 1. The van der Waals surface area contributed by atoms with Crippen LogP contribution in [0.3, 0.4) is 0 Å². The minimum atomic E-state index is -4.38.